The van der Waals surface area contributed by atoms with Gasteiger partial charge in [0.15, 0.2) is 0 Å². The summed E-state index contributed by atoms with van der Waals surface area (Å²) in [5.74, 6) is 0.660. The predicted molar refractivity (Wildman–Crippen MR) is 77.5 cm³/mol. The van der Waals surface area contributed by atoms with E-state index < -0.39 is 0 Å². The molecule has 0 bridgehead atoms. The average Bonchev–Trinajstić information content (AvgIpc) is 3.05. The molecule has 0 aliphatic heterocycles. The Kier molecular flexibility index (Phi) is 3.06. The summed E-state index contributed by atoms with van der Waals surface area (Å²) < 4.78 is 7.15. The second-order valence-electron chi connectivity index (χ2n) is 4.81. The van der Waals surface area contributed by atoms with E-state index in [0.29, 0.717) is 12.2 Å². The number of aryl methyl sites for hydroxylation is 2. The van der Waals surface area contributed by atoms with Crippen LogP contribution in [0.5, 0.6) is 0 Å². The normalized spacial score (nSPS) is 10.9. The fourth-order valence-electron chi connectivity index (χ4n) is 2.57. The number of nitrogens with zero attached hydrogens (tertiary/aromatic N) is 1. The molecular weight excluding hydrogens is 252 g/mol. The molecule has 1 aromatic carbocycles. The van der Waals surface area contributed by atoms with Crippen LogP contribution in [0.2, 0.25) is 0 Å². The van der Waals surface area contributed by atoms with Crippen molar-refractivity contribution in [3.8, 4) is 0 Å². The minimum absolute atomic E-state index is 0.0856. The van der Waals surface area contributed by atoms with Gasteiger partial charge in [-0.05, 0) is 30.7 Å². The molecule has 0 radical (unpaired) electrons. The van der Waals surface area contributed by atoms with Gasteiger partial charge >= 0.3 is 0 Å². The van der Waals surface area contributed by atoms with Crippen molar-refractivity contribution in [2.24, 2.45) is 7.05 Å². The maximum atomic E-state index is 12.4. The minimum Gasteiger partial charge on any atom is -0.467 e. The zero-order chi connectivity index (χ0) is 14.1. The van der Waals surface area contributed by atoms with Gasteiger partial charge in [0.05, 0.1) is 12.8 Å². The van der Waals surface area contributed by atoms with Crippen molar-refractivity contribution in [1.82, 2.24) is 9.88 Å². The molecule has 1 amide bonds. The van der Waals surface area contributed by atoms with E-state index in [4.69, 9.17) is 4.42 Å². The maximum Gasteiger partial charge on any atom is 0.268 e. The summed E-state index contributed by atoms with van der Waals surface area (Å²) in [6.45, 7) is 2.37. The molecule has 3 aromatic rings. The number of benzene rings is 1. The predicted octanol–water partition coefficient (Wildman–Crippen LogP) is 3.01. The Hall–Kier alpha value is -2.49. The van der Waals surface area contributed by atoms with E-state index in [0.717, 1.165) is 22.2 Å². The molecule has 0 saturated heterocycles. The first-order chi connectivity index (χ1) is 9.68. The highest BCUT2D eigenvalue weighted by Gasteiger charge is 2.17. The molecule has 0 atom stereocenters. The molecule has 102 valence electrons. The van der Waals surface area contributed by atoms with Crippen molar-refractivity contribution in [3.05, 3.63) is 59.7 Å². The van der Waals surface area contributed by atoms with Gasteiger partial charge in [-0.1, -0.05) is 18.2 Å². The molecule has 0 unspecified atom stereocenters. The van der Waals surface area contributed by atoms with Crippen LogP contribution in [0.25, 0.3) is 10.9 Å². The van der Waals surface area contributed by atoms with E-state index >= 15 is 0 Å². The lowest BCUT2D eigenvalue weighted by atomic mass is 10.1. The molecule has 4 nitrogen and oxygen atoms in total. The van der Waals surface area contributed by atoms with Crippen LogP contribution in [0.3, 0.4) is 0 Å². The van der Waals surface area contributed by atoms with Crippen LogP contribution in [0.4, 0.5) is 0 Å². The van der Waals surface area contributed by atoms with Crippen molar-refractivity contribution in [1.29, 1.82) is 0 Å². The van der Waals surface area contributed by atoms with Crippen LogP contribution in [0, 0.1) is 6.92 Å². The molecule has 2 aromatic heterocycles. The van der Waals surface area contributed by atoms with Gasteiger partial charge in [-0.15, -0.1) is 0 Å². The Bertz CT molecular complexity index is 715. The summed E-state index contributed by atoms with van der Waals surface area (Å²) in [6.07, 6.45) is 1.60. The highest BCUT2D eigenvalue weighted by molar-refractivity contribution is 6.01. The number of carbonyl (C=O) groups is 1. The highest BCUT2D eigenvalue weighted by Crippen LogP contribution is 2.24. The Labute approximate surface area is 117 Å². The number of para-hydroxylation sites is 1. The number of carbonyl (C=O) groups excluding carboxylic acids is 1. The molecule has 0 spiro atoms. The lowest BCUT2D eigenvalue weighted by Crippen LogP contribution is -2.25. The number of rotatable bonds is 3. The van der Waals surface area contributed by atoms with Crippen LogP contribution in [-0.2, 0) is 13.6 Å². The largest absolute Gasteiger partial charge is 0.467 e. The molecule has 0 saturated carbocycles. The number of furan rings is 1. The van der Waals surface area contributed by atoms with Crippen LogP contribution in [0.15, 0.2) is 47.1 Å². The average molecular weight is 268 g/mol. The van der Waals surface area contributed by atoms with Crippen LogP contribution in [-0.4, -0.2) is 10.5 Å². The van der Waals surface area contributed by atoms with E-state index in [1.807, 2.05) is 54.9 Å². The summed E-state index contributed by atoms with van der Waals surface area (Å²) in [4.78, 5) is 12.4. The molecule has 2 heterocycles. The summed E-state index contributed by atoms with van der Waals surface area (Å²) >= 11 is 0. The molecule has 0 fully saturated rings. The zero-order valence-electron chi connectivity index (χ0n) is 11.5. The molecule has 3 rings (SSSR count). The standard InChI is InChI=1S/C16H16N2O2/c1-11-13-7-3-4-8-14(13)18(2)15(11)16(19)17-10-12-6-5-9-20-12/h3-9H,10H2,1-2H3,(H,17,19). The Balaban J connectivity index is 1.91. The first kappa shape index (κ1) is 12.5. The highest BCUT2D eigenvalue weighted by atomic mass is 16.3. The van der Waals surface area contributed by atoms with Gasteiger partial charge in [0.2, 0.25) is 0 Å². The number of amides is 1. The first-order valence-corrected chi connectivity index (χ1v) is 6.53. The van der Waals surface area contributed by atoms with E-state index in [1.54, 1.807) is 6.26 Å². The van der Waals surface area contributed by atoms with E-state index in [2.05, 4.69) is 5.32 Å². The first-order valence-electron chi connectivity index (χ1n) is 6.53. The second kappa shape index (κ2) is 4.89. The molecular formula is C16H16N2O2. The third kappa shape index (κ3) is 1.99. The van der Waals surface area contributed by atoms with Gasteiger partial charge < -0.3 is 14.3 Å². The smallest absolute Gasteiger partial charge is 0.268 e. The molecule has 4 heteroatoms. The number of aromatic nitrogens is 1. The van der Waals surface area contributed by atoms with Crippen molar-refractivity contribution in [3.63, 3.8) is 0 Å². The number of fused-ring (bicyclic) bond motifs is 1. The lowest BCUT2D eigenvalue weighted by molar-refractivity contribution is 0.0939. The monoisotopic (exact) mass is 268 g/mol. The summed E-state index contributed by atoms with van der Waals surface area (Å²) in [5.41, 5.74) is 2.76. The van der Waals surface area contributed by atoms with E-state index in [1.165, 1.54) is 0 Å². The van der Waals surface area contributed by atoms with Crippen LogP contribution in [0.1, 0.15) is 21.8 Å². The van der Waals surface area contributed by atoms with Crippen molar-refractivity contribution < 1.29 is 9.21 Å². The quantitative estimate of drug-likeness (QED) is 0.793. The fourth-order valence-corrected chi connectivity index (χ4v) is 2.57. The van der Waals surface area contributed by atoms with Gasteiger partial charge in [0.1, 0.15) is 11.5 Å². The van der Waals surface area contributed by atoms with Crippen LogP contribution < -0.4 is 5.32 Å². The van der Waals surface area contributed by atoms with Crippen LogP contribution >= 0.6 is 0 Å². The topological polar surface area (TPSA) is 47.2 Å². The zero-order valence-corrected chi connectivity index (χ0v) is 11.5. The maximum absolute atomic E-state index is 12.4. The lowest BCUT2D eigenvalue weighted by Gasteiger charge is -2.06. The van der Waals surface area contributed by atoms with E-state index in [9.17, 15) is 4.79 Å². The molecule has 0 aliphatic carbocycles. The minimum atomic E-state index is -0.0856. The summed E-state index contributed by atoms with van der Waals surface area (Å²) in [5, 5.41) is 4.00. The fraction of sp³-hybridized carbons (Fsp3) is 0.188. The Morgan fingerprint density at radius 3 is 2.75 bits per heavy atom. The molecule has 1 N–H and O–H groups in total. The molecule has 0 aliphatic rings. The van der Waals surface area contributed by atoms with Crippen molar-refractivity contribution in [2.45, 2.75) is 13.5 Å². The van der Waals surface area contributed by atoms with Gasteiger partial charge in [-0.25, -0.2) is 0 Å². The number of nitrogens with one attached hydrogen (secondary N) is 1. The Morgan fingerprint density at radius 2 is 2.05 bits per heavy atom. The third-order valence-electron chi connectivity index (χ3n) is 3.58. The Morgan fingerprint density at radius 1 is 1.25 bits per heavy atom. The van der Waals surface area contributed by atoms with Gasteiger partial charge in [0, 0.05) is 18.0 Å². The van der Waals surface area contributed by atoms with Gasteiger partial charge in [-0.3, -0.25) is 4.79 Å². The number of hydrogen-bond donors (Lipinski definition) is 1. The second-order valence-corrected chi connectivity index (χ2v) is 4.81. The van der Waals surface area contributed by atoms with Gasteiger partial charge in [-0.2, -0.15) is 0 Å². The van der Waals surface area contributed by atoms with Crippen molar-refractivity contribution in [2.75, 3.05) is 0 Å². The summed E-state index contributed by atoms with van der Waals surface area (Å²) in [7, 11) is 1.91. The van der Waals surface area contributed by atoms with Gasteiger partial charge in [0.25, 0.3) is 5.91 Å². The SMILES string of the molecule is Cc1c(C(=O)NCc2ccco2)n(C)c2ccccc12. The molecule has 20 heavy (non-hydrogen) atoms. The number of hydrogen-bond acceptors (Lipinski definition) is 2. The van der Waals surface area contributed by atoms with E-state index in [-0.39, 0.29) is 5.91 Å². The third-order valence-corrected chi connectivity index (χ3v) is 3.58. The van der Waals surface area contributed by atoms with Crippen molar-refractivity contribution >= 4 is 16.8 Å². The summed E-state index contributed by atoms with van der Waals surface area (Å²) in [6, 6.07) is 11.7.